The van der Waals surface area contributed by atoms with Crippen LogP contribution in [0.3, 0.4) is 0 Å². The number of hydrogen-bond acceptors (Lipinski definition) is 4. The van der Waals surface area contributed by atoms with Gasteiger partial charge in [-0.2, -0.15) is 0 Å². The molecule has 6 nitrogen and oxygen atoms in total. The Hall–Kier alpha value is -3.02. The van der Waals surface area contributed by atoms with Gasteiger partial charge in [0.15, 0.2) is 6.61 Å². The molecule has 0 heterocycles. The second-order valence-corrected chi connectivity index (χ2v) is 7.41. The predicted octanol–water partition coefficient (Wildman–Crippen LogP) is 3.71. The maximum absolute atomic E-state index is 13.1. The molecule has 2 atom stereocenters. The lowest BCUT2D eigenvalue weighted by atomic mass is 10.1. The molecule has 0 bridgehead atoms. The molecule has 0 aromatic heterocycles. The van der Waals surface area contributed by atoms with Crippen molar-refractivity contribution in [1.29, 1.82) is 0 Å². The van der Waals surface area contributed by atoms with E-state index in [2.05, 4.69) is 5.32 Å². The summed E-state index contributed by atoms with van der Waals surface area (Å²) in [6.45, 7) is 7.89. The average Bonchev–Trinajstić information content (AvgIpc) is 2.76. The van der Waals surface area contributed by atoms with Gasteiger partial charge in [-0.15, -0.1) is 0 Å². The molecule has 0 radical (unpaired) electrons. The van der Waals surface area contributed by atoms with E-state index in [1.807, 2.05) is 45.0 Å². The molecule has 1 N–H and O–H groups in total. The van der Waals surface area contributed by atoms with Crippen LogP contribution < -0.4 is 14.8 Å². The molecule has 6 heteroatoms. The Kier molecular flexibility index (Phi) is 8.71. The fraction of sp³-hybridized carbons (Fsp3) is 0.417. The van der Waals surface area contributed by atoms with Crippen LogP contribution in [0.15, 0.2) is 48.5 Å². The summed E-state index contributed by atoms with van der Waals surface area (Å²) in [6, 6.07) is 14.3. The van der Waals surface area contributed by atoms with E-state index in [-0.39, 0.29) is 24.5 Å². The molecule has 30 heavy (non-hydrogen) atoms. The van der Waals surface area contributed by atoms with Gasteiger partial charge in [-0.3, -0.25) is 9.59 Å². The summed E-state index contributed by atoms with van der Waals surface area (Å²) in [5.74, 6) is 0.860. The summed E-state index contributed by atoms with van der Waals surface area (Å²) in [5.41, 5.74) is 2.07. The highest BCUT2D eigenvalue weighted by Crippen LogP contribution is 2.18. The first-order chi connectivity index (χ1) is 14.3. The second kappa shape index (κ2) is 11.2. The summed E-state index contributed by atoms with van der Waals surface area (Å²) in [6.07, 6.45) is 0.824. The van der Waals surface area contributed by atoms with Crippen molar-refractivity contribution in [3.8, 4) is 11.5 Å². The van der Waals surface area contributed by atoms with Crippen LogP contribution in [0.1, 0.15) is 38.3 Å². The van der Waals surface area contributed by atoms with Gasteiger partial charge in [0.2, 0.25) is 5.91 Å². The Bertz CT molecular complexity index is 835. The van der Waals surface area contributed by atoms with Gasteiger partial charge in [0.25, 0.3) is 5.91 Å². The molecule has 0 spiro atoms. The molecule has 2 aromatic carbocycles. The minimum Gasteiger partial charge on any atom is -0.497 e. The van der Waals surface area contributed by atoms with Gasteiger partial charge in [0.1, 0.15) is 17.5 Å². The first-order valence-electron chi connectivity index (χ1n) is 10.3. The smallest absolute Gasteiger partial charge is 0.261 e. The zero-order valence-corrected chi connectivity index (χ0v) is 18.5. The molecule has 0 saturated heterocycles. The van der Waals surface area contributed by atoms with E-state index in [0.717, 1.165) is 17.5 Å². The Morgan fingerprint density at radius 3 is 2.27 bits per heavy atom. The van der Waals surface area contributed by atoms with Crippen LogP contribution in [-0.4, -0.2) is 42.5 Å². The van der Waals surface area contributed by atoms with Crippen LogP contribution in [0.25, 0.3) is 0 Å². The van der Waals surface area contributed by atoms with Crippen molar-refractivity contribution in [3.05, 3.63) is 59.7 Å². The van der Waals surface area contributed by atoms with E-state index < -0.39 is 6.04 Å². The van der Waals surface area contributed by atoms with Crippen molar-refractivity contribution in [3.63, 3.8) is 0 Å². The van der Waals surface area contributed by atoms with E-state index in [1.165, 1.54) is 0 Å². The molecular weight excluding hydrogens is 380 g/mol. The highest BCUT2D eigenvalue weighted by atomic mass is 16.5. The lowest BCUT2D eigenvalue weighted by Gasteiger charge is -2.30. The highest BCUT2D eigenvalue weighted by Gasteiger charge is 2.27. The van der Waals surface area contributed by atoms with Crippen LogP contribution >= 0.6 is 0 Å². The number of benzene rings is 2. The van der Waals surface area contributed by atoms with E-state index in [4.69, 9.17) is 9.47 Å². The zero-order chi connectivity index (χ0) is 22.1. The van der Waals surface area contributed by atoms with Gasteiger partial charge in [-0.1, -0.05) is 31.2 Å². The predicted molar refractivity (Wildman–Crippen MR) is 118 cm³/mol. The number of amides is 2. The Balaban J connectivity index is 2.14. The molecule has 0 fully saturated rings. The first kappa shape index (κ1) is 23.3. The van der Waals surface area contributed by atoms with E-state index >= 15 is 0 Å². The maximum atomic E-state index is 13.1. The highest BCUT2D eigenvalue weighted by molar-refractivity contribution is 5.88. The van der Waals surface area contributed by atoms with Crippen molar-refractivity contribution in [2.24, 2.45) is 0 Å². The van der Waals surface area contributed by atoms with Crippen LogP contribution in [0, 0.1) is 6.92 Å². The number of aryl methyl sites for hydroxylation is 1. The third-order valence-corrected chi connectivity index (χ3v) is 5.19. The minimum absolute atomic E-state index is 0.0471. The number of nitrogens with zero attached hydrogens (tertiary/aromatic N) is 1. The molecule has 2 amide bonds. The number of methoxy groups -OCH3 is 1. The average molecular weight is 413 g/mol. The second-order valence-electron chi connectivity index (χ2n) is 7.41. The van der Waals surface area contributed by atoms with Crippen molar-refractivity contribution in [1.82, 2.24) is 10.2 Å². The quantitative estimate of drug-likeness (QED) is 0.646. The maximum Gasteiger partial charge on any atom is 0.261 e. The third-order valence-electron chi connectivity index (χ3n) is 5.19. The molecule has 0 aliphatic carbocycles. The van der Waals surface area contributed by atoms with Gasteiger partial charge in [0.05, 0.1) is 7.11 Å². The van der Waals surface area contributed by atoms with E-state index in [1.54, 1.807) is 43.2 Å². The number of nitrogens with one attached hydrogen (secondary N) is 1. The molecule has 2 rings (SSSR count). The molecule has 2 aromatic rings. The number of rotatable bonds is 10. The molecule has 0 unspecified atom stereocenters. The van der Waals surface area contributed by atoms with Crippen LogP contribution in [0.5, 0.6) is 11.5 Å². The van der Waals surface area contributed by atoms with Crippen molar-refractivity contribution in [2.75, 3.05) is 13.7 Å². The SMILES string of the molecule is CC[C@@H](C)NC(=O)[C@H](C)N(Cc1ccccc1C)C(=O)COc1ccc(OC)cc1. The summed E-state index contributed by atoms with van der Waals surface area (Å²) in [7, 11) is 1.59. The van der Waals surface area contributed by atoms with Crippen LogP contribution in [0.4, 0.5) is 0 Å². The topological polar surface area (TPSA) is 67.9 Å². The first-order valence-corrected chi connectivity index (χ1v) is 10.3. The van der Waals surface area contributed by atoms with Crippen LogP contribution in [0.2, 0.25) is 0 Å². The normalized spacial score (nSPS) is 12.6. The summed E-state index contributed by atoms with van der Waals surface area (Å²) in [4.78, 5) is 27.3. The van der Waals surface area contributed by atoms with Crippen molar-refractivity contribution in [2.45, 2.75) is 52.7 Å². The molecular formula is C24H32N2O4. The third kappa shape index (κ3) is 6.51. The number of ether oxygens (including phenoxy) is 2. The number of carbonyl (C=O) groups excluding carboxylic acids is 2. The largest absolute Gasteiger partial charge is 0.497 e. The summed E-state index contributed by atoms with van der Waals surface area (Å²) in [5, 5.41) is 2.96. The fourth-order valence-corrected chi connectivity index (χ4v) is 2.92. The van der Waals surface area contributed by atoms with E-state index in [9.17, 15) is 9.59 Å². The Labute approximate surface area is 179 Å². The molecule has 162 valence electrons. The molecule has 0 aliphatic rings. The van der Waals surface area contributed by atoms with Gasteiger partial charge in [-0.05, 0) is 62.6 Å². The van der Waals surface area contributed by atoms with Crippen molar-refractivity contribution < 1.29 is 19.1 Å². The minimum atomic E-state index is -0.620. The Morgan fingerprint density at radius 2 is 1.67 bits per heavy atom. The Morgan fingerprint density at radius 1 is 1.03 bits per heavy atom. The van der Waals surface area contributed by atoms with Gasteiger partial charge in [0, 0.05) is 12.6 Å². The zero-order valence-electron chi connectivity index (χ0n) is 18.5. The molecule has 0 saturated carbocycles. The lowest BCUT2D eigenvalue weighted by molar-refractivity contribution is -0.142. The van der Waals surface area contributed by atoms with Gasteiger partial charge in [-0.25, -0.2) is 0 Å². The number of hydrogen-bond donors (Lipinski definition) is 1. The van der Waals surface area contributed by atoms with Gasteiger partial charge >= 0.3 is 0 Å². The van der Waals surface area contributed by atoms with E-state index in [0.29, 0.717) is 18.0 Å². The standard InChI is InChI=1S/C24H32N2O4/c1-6-18(3)25-24(28)19(4)26(15-20-10-8-7-9-17(20)2)23(27)16-30-22-13-11-21(29-5)12-14-22/h7-14,18-19H,6,15-16H2,1-5H3,(H,25,28)/t18-,19+/m1/s1. The van der Waals surface area contributed by atoms with Crippen LogP contribution in [-0.2, 0) is 16.1 Å². The molecule has 0 aliphatic heterocycles. The van der Waals surface area contributed by atoms with Crippen molar-refractivity contribution >= 4 is 11.8 Å². The van der Waals surface area contributed by atoms with Gasteiger partial charge < -0.3 is 19.7 Å². The monoisotopic (exact) mass is 412 g/mol. The fourth-order valence-electron chi connectivity index (χ4n) is 2.92. The summed E-state index contributed by atoms with van der Waals surface area (Å²) >= 11 is 0. The number of carbonyl (C=O) groups is 2. The summed E-state index contributed by atoms with van der Waals surface area (Å²) < 4.78 is 10.8. The lowest BCUT2D eigenvalue weighted by Crippen LogP contribution is -2.50.